The number of fused-ring (bicyclic) bond motifs is 1. The van der Waals surface area contributed by atoms with Gasteiger partial charge in [0.2, 0.25) is 6.10 Å². The summed E-state index contributed by atoms with van der Waals surface area (Å²) in [4.78, 5) is 11.9. The summed E-state index contributed by atoms with van der Waals surface area (Å²) in [6, 6.07) is 7.31. The molecule has 0 radical (unpaired) electrons. The first kappa shape index (κ1) is 14.1. The Morgan fingerprint density at radius 3 is 2.95 bits per heavy atom. The Kier molecular flexibility index (Phi) is 5.47. The molecule has 0 saturated carbocycles. The van der Waals surface area contributed by atoms with E-state index < -0.39 is 6.10 Å². The minimum atomic E-state index is -0.605. The van der Waals surface area contributed by atoms with Gasteiger partial charge in [-0.2, -0.15) is 0 Å². The van der Waals surface area contributed by atoms with Gasteiger partial charge in [-0.15, -0.1) is 0 Å². The van der Waals surface area contributed by atoms with Crippen molar-refractivity contribution in [2.24, 2.45) is 0 Å². The van der Waals surface area contributed by atoms with Crippen LogP contribution in [-0.2, 0) is 9.53 Å². The normalized spacial score (nSPS) is 17.0. The van der Waals surface area contributed by atoms with Gasteiger partial charge in [-0.1, -0.05) is 28.1 Å². The molecule has 0 spiro atoms. The molecule has 6 heteroatoms. The number of carbonyl (C=O) groups is 1. The van der Waals surface area contributed by atoms with Crippen molar-refractivity contribution in [1.82, 2.24) is 5.32 Å². The number of benzene rings is 1. The van der Waals surface area contributed by atoms with Gasteiger partial charge in [0.05, 0.1) is 13.2 Å². The van der Waals surface area contributed by atoms with Crippen molar-refractivity contribution < 1.29 is 19.0 Å². The molecule has 0 saturated heterocycles. The second-order valence-corrected chi connectivity index (χ2v) is 4.75. The molecule has 0 aromatic heterocycles. The second-order valence-electron chi connectivity index (χ2n) is 3.96. The van der Waals surface area contributed by atoms with E-state index in [-0.39, 0.29) is 12.5 Å². The van der Waals surface area contributed by atoms with Gasteiger partial charge in [0.1, 0.15) is 6.61 Å². The first-order valence-corrected chi connectivity index (χ1v) is 7.23. The van der Waals surface area contributed by atoms with Gasteiger partial charge >= 0.3 is 0 Å². The minimum absolute atomic E-state index is 0.183. The third-order valence-corrected chi connectivity index (χ3v) is 2.89. The van der Waals surface area contributed by atoms with Crippen molar-refractivity contribution in [3.63, 3.8) is 0 Å². The zero-order valence-corrected chi connectivity index (χ0v) is 12.0. The highest BCUT2D eigenvalue weighted by molar-refractivity contribution is 9.09. The van der Waals surface area contributed by atoms with Crippen molar-refractivity contribution in [3.05, 3.63) is 24.3 Å². The number of para-hydroxylation sites is 2. The molecule has 1 N–H and O–H groups in total. The fraction of sp³-hybridized carbons (Fsp3) is 0.462. The number of ether oxygens (including phenoxy) is 3. The molecule has 1 aromatic rings. The van der Waals surface area contributed by atoms with E-state index in [1.165, 1.54) is 0 Å². The van der Waals surface area contributed by atoms with Gasteiger partial charge in [0, 0.05) is 11.9 Å². The first-order valence-electron chi connectivity index (χ1n) is 6.11. The Hall–Kier alpha value is -1.27. The summed E-state index contributed by atoms with van der Waals surface area (Å²) in [5.41, 5.74) is 0. The molecule has 1 aliphatic rings. The molecule has 5 nitrogen and oxygen atoms in total. The summed E-state index contributed by atoms with van der Waals surface area (Å²) in [5, 5.41) is 3.55. The molecule has 1 unspecified atom stereocenters. The zero-order chi connectivity index (χ0) is 13.5. The number of amides is 1. The molecule has 0 aliphatic carbocycles. The number of hydrogen-bond donors (Lipinski definition) is 1. The lowest BCUT2D eigenvalue weighted by Crippen LogP contribution is -2.44. The molecule has 104 valence electrons. The van der Waals surface area contributed by atoms with E-state index in [9.17, 15) is 4.79 Å². The molecule has 0 fully saturated rings. The summed E-state index contributed by atoms with van der Waals surface area (Å²) in [6.45, 7) is 1.81. The van der Waals surface area contributed by atoms with Crippen LogP contribution in [0.15, 0.2) is 24.3 Å². The van der Waals surface area contributed by atoms with E-state index in [0.717, 1.165) is 5.33 Å². The number of nitrogens with one attached hydrogen (secondary N) is 1. The van der Waals surface area contributed by atoms with Crippen LogP contribution < -0.4 is 14.8 Å². The monoisotopic (exact) mass is 329 g/mol. The quantitative estimate of drug-likeness (QED) is 0.632. The number of alkyl halides is 1. The highest BCUT2D eigenvalue weighted by Gasteiger charge is 2.26. The van der Waals surface area contributed by atoms with Crippen LogP contribution in [0.4, 0.5) is 0 Å². The van der Waals surface area contributed by atoms with Gasteiger partial charge in [-0.05, 0) is 12.1 Å². The van der Waals surface area contributed by atoms with Crippen LogP contribution in [0.3, 0.4) is 0 Å². The lowest BCUT2D eigenvalue weighted by molar-refractivity contribution is -0.130. The SMILES string of the molecule is O=C(NCCOCCBr)C1COc2ccccc2O1. The molecular formula is C13H16BrNO4. The maximum absolute atomic E-state index is 11.9. The van der Waals surface area contributed by atoms with E-state index in [1.54, 1.807) is 6.07 Å². The topological polar surface area (TPSA) is 56.8 Å². The highest BCUT2D eigenvalue weighted by atomic mass is 79.9. The molecule has 1 aromatic carbocycles. The Labute approximate surface area is 120 Å². The van der Waals surface area contributed by atoms with E-state index in [4.69, 9.17) is 14.2 Å². The zero-order valence-electron chi connectivity index (χ0n) is 10.4. The lowest BCUT2D eigenvalue weighted by Gasteiger charge is -2.25. The Balaban J connectivity index is 1.76. The Morgan fingerprint density at radius 1 is 1.37 bits per heavy atom. The van der Waals surface area contributed by atoms with Crippen LogP contribution in [0, 0.1) is 0 Å². The van der Waals surface area contributed by atoms with Crippen molar-refractivity contribution in [3.8, 4) is 11.5 Å². The van der Waals surface area contributed by atoms with Crippen molar-refractivity contribution >= 4 is 21.8 Å². The van der Waals surface area contributed by atoms with Crippen LogP contribution in [0.1, 0.15) is 0 Å². The molecule has 1 atom stereocenters. The fourth-order valence-corrected chi connectivity index (χ4v) is 1.89. The lowest BCUT2D eigenvalue weighted by atomic mass is 10.2. The summed E-state index contributed by atoms with van der Waals surface area (Å²) in [5.74, 6) is 1.09. The maximum atomic E-state index is 11.9. The van der Waals surface area contributed by atoms with Crippen molar-refractivity contribution in [2.75, 3.05) is 31.7 Å². The van der Waals surface area contributed by atoms with Crippen molar-refractivity contribution in [1.29, 1.82) is 0 Å². The minimum Gasteiger partial charge on any atom is -0.485 e. The van der Waals surface area contributed by atoms with Crippen molar-refractivity contribution in [2.45, 2.75) is 6.10 Å². The van der Waals surface area contributed by atoms with Crippen LogP contribution >= 0.6 is 15.9 Å². The van der Waals surface area contributed by atoms with E-state index in [0.29, 0.717) is 31.3 Å². The summed E-state index contributed by atoms with van der Waals surface area (Å²) >= 11 is 3.26. The van der Waals surface area contributed by atoms with E-state index in [2.05, 4.69) is 21.2 Å². The summed E-state index contributed by atoms with van der Waals surface area (Å²) < 4.78 is 16.3. The van der Waals surface area contributed by atoms with Crippen LogP contribution in [-0.4, -0.2) is 43.7 Å². The molecule has 0 bridgehead atoms. The highest BCUT2D eigenvalue weighted by Crippen LogP contribution is 2.30. The number of hydrogen-bond acceptors (Lipinski definition) is 4. The van der Waals surface area contributed by atoms with Gasteiger partial charge in [0.15, 0.2) is 11.5 Å². The molecule has 19 heavy (non-hydrogen) atoms. The van der Waals surface area contributed by atoms with E-state index >= 15 is 0 Å². The summed E-state index contributed by atoms with van der Waals surface area (Å²) in [6.07, 6.45) is -0.605. The third kappa shape index (κ3) is 4.11. The predicted molar refractivity (Wildman–Crippen MR) is 74.0 cm³/mol. The van der Waals surface area contributed by atoms with Crippen LogP contribution in [0.5, 0.6) is 11.5 Å². The average molecular weight is 330 g/mol. The van der Waals surface area contributed by atoms with Gasteiger partial charge in [0.25, 0.3) is 5.91 Å². The smallest absolute Gasteiger partial charge is 0.264 e. The number of carbonyl (C=O) groups excluding carboxylic acids is 1. The standard InChI is InChI=1S/C13H16BrNO4/c14-5-7-17-8-6-15-13(16)12-9-18-10-3-1-2-4-11(10)19-12/h1-4,12H,5-9H2,(H,15,16). The molecule has 2 rings (SSSR count). The van der Waals surface area contributed by atoms with Crippen LogP contribution in [0.25, 0.3) is 0 Å². The second kappa shape index (κ2) is 7.35. The van der Waals surface area contributed by atoms with Gasteiger partial charge < -0.3 is 19.5 Å². The van der Waals surface area contributed by atoms with Gasteiger partial charge in [-0.3, -0.25) is 4.79 Å². The average Bonchev–Trinajstić information content (AvgIpc) is 2.46. The number of rotatable bonds is 6. The number of halogens is 1. The Morgan fingerprint density at radius 2 is 2.16 bits per heavy atom. The molecule has 1 aliphatic heterocycles. The van der Waals surface area contributed by atoms with E-state index in [1.807, 2.05) is 18.2 Å². The molecule has 1 amide bonds. The third-order valence-electron chi connectivity index (χ3n) is 2.57. The maximum Gasteiger partial charge on any atom is 0.264 e. The predicted octanol–water partition coefficient (Wildman–Crippen LogP) is 1.35. The fourth-order valence-electron chi connectivity index (χ4n) is 1.67. The molecular weight excluding hydrogens is 314 g/mol. The van der Waals surface area contributed by atoms with Crippen LogP contribution in [0.2, 0.25) is 0 Å². The first-order chi connectivity index (χ1) is 9.31. The Bertz CT molecular complexity index is 427. The summed E-state index contributed by atoms with van der Waals surface area (Å²) in [7, 11) is 0. The van der Waals surface area contributed by atoms with Gasteiger partial charge in [-0.25, -0.2) is 0 Å². The largest absolute Gasteiger partial charge is 0.485 e. The molecule has 1 heterocycles.